The Labute approximate surface area is 130 Å². The molecule has 0 amide bonds. The molecular weight excluding hydrogens is 280 g/mol. The molecule has 2 heterocycles. The molecule has 0 atom stereocenters. The van der Waals surface area contributed by atoms with Crippen molar-refractivity contribution in [3.8, 4) is 5.75 Å². The number of benzene rings is 1. The molecule has 0 aliphatic carbocycles. The first kappa shape index (κ1) is 14.7. The van der Waals surface area contributed by atoms with Gasteiger partial charge in [-0.25, -0.2) is 9.97 Å². The average molecular weight is 300 g/mol. The molecular formula is C16H20N4O2. The van der Waals surface area contributed by atoms with E-state index in [1.807, 2.05) is 30.3 Å². The van der Waals surface area contributed by atoms with Crippen molar-refractivity contribution >= 4 is 11.5 Å². The summed E-state index contributed by atoms with van der Waals surface area (Å²) in [5, 5.41) is 3.21. The molecule has 1 aromatic carbocycles. The Bertz CT molecular complexity index is 556. The molecule has 1 fully saturated rings. The van der Waals surface area contributed by atoms with Gasteiger partial charge in [-0.15, -0.1) is 0 Å². The van der Waals surface area contributed by atoms with Crippen LogP contribution in [0.25, 0.3) is 0 Å². The Balaban J connectivity index is 1.45. The summed E-state index contributed by atoms with van der Waals surface area (Å²) in [6.07, 6.45) is 3.23. The zero-order valence-electron chi connectivity index (χ0n) is 12.4. The van der Waals surface area contributed by atoms with Crippen molar-refractivity contribution in [2.24, 2.45) is 0 Å². The lowest BCUT2D eigenvalue weighted by molar-refractivity contribution is 0.0322. The Morgan fingerprint density at radius 2 is 1.95 bits per heavy atom. The number of ether oxygens (including phenoxy) is 2. The molecule has 0 spiro atoms. The number of hydrogen-bond acceptors (Lipinski definition) is 6. The first-order valence-electron chi connectivity index (χ1n) is 7.46. The molecule has 1 saturated heterocycles. The maximum atomic E-state index is 5.78. The summed E-state index contributed by atoms with van der Waals surface area (Å²) in [5.41, 5.74) is 0.972. The molecule has 0 radical (unpaired) electrons. The minimum Gasteiger partial charge on any atom is -0.492 e. The molecule has 3 rings (SSSR count). The van der Waals surface area contributed by atoms with Crippen LogP contribution in [0.3, 0.4) is 0 Å². The van der Waals surface area contributed by atoms with Crippen LogP contribution in [0.1, 0.15) is 0 Å². The maximum Gasteiger partial charge on any atom is 0.133 e. The second kappa shape index (κ2) is 7.72. The number of nitrogens with zero attached hydrogens (tertiary/aromatic N) is 3. The first-order valence-corrected chi connectivity index (χ1v) is 7.46. The Morgan fingerprint density at radius 1 is 1.14 bits per heavy atom. The van der Waals surface area contributed by atoms with Crippen molar-refractivity contribution < 1.29 is 9.47 Å². The quantitative estimate of drug-likeness (QED) is 0.879. The predicted molar refractivity (Wildman–Crippen MR) is 84.5 cm³/mol. The highest BCUT2D eigenvalue weighted by atomic mass is 16.5. The van der Waals surface area contributed by atoms with Crippen molar-refractivity contribution in [3.05, 3.63) is 42.9 Å². The normalized spacial score (nSPS) is 15.5. The van der Waals surface area contributed by atoms with Gasteiger partial charge in [0.1, 0.15) is 24.5 Å². The third-order valence-electron chi connectivity index (χ3n) is 3.49. The number of rotatable bonds is 6. The van der Waals surface area contributed by atoms with E-state index in [1.54, 1.807) is 6.20 Å². The Morgan fingerprint density at radius 3 is 2.68 bits per heavy atom. The number of aromatic nitrogens is 2. The first-order chi connectivity index (χ1) is 10.9. The summed E-state index contributed by atoms with van der Waals surface area (Å²) in [4.78, 5) is 10.4. The van der Waals surface area contributed by atoms with Gasteiger partial charge in [0.2, 0.25) is 0 Å². The fourth-order valence-corrected chi connectivity index (χ4v) is 2.26. The molecule has 1 aromatic heterocycles. The minimum atomic E-state index is 0.693. The van der Waals surface area contributed by atoms with Crippen LogP contribution in [-0.4, -0.2) is 54.3 Å². The van der Waals surface area contributed by atoms with Gasteiger partial charge in [-0.1, -0.05) is 0 Å². The average Bonchev–Trinajstić information content (AvgIpc) is 2.58. The van der Waals surface area contributed by atoms with Gasteiger partial charge in [-0.2, -0.15) is 0 Å². The van der Waals surface area contributed by atoms with Crippen LogP contribution in [0.4, 0.5) is 11.5 Å². The van der Waals surface area contributed by atoms with Crippen LogP contribution in [0, 0.1) is 0 Å². The Hall–Kier alpha value is -2.18. The molecule has 1 N–H and O–H groups in total. The summed E-state index contributed by atoms with van der Waals surface area (Å²) < 4.78 is 11.1. The van der Waals surface area contributed by atoms with E-state index >= 15 is 0 Å². The molecule has 22 heavy (non-hydrogen) atoms. The predicted octanol–water partition coefficient (Wildman–Crippen LogP) is 1.93. The zero-order valence-corrected chi connectivity index (χ0v) is 12.4. The van der Waals surface area contributed by atoms with Gasteiger partial charge >= 0.3 is 0 Å². The van der Waals surface area contributed by atoms with E-state index < -0.39 is 0 Å². The zero-order chi connectivity index (χ0) is 15.0. The van der Waals surface area contributed by atoms with E-state index in [0.717, 1.165) is 50.1 Å². The van der Waals surface area contributed by atoms with Crippen molar-refractivity contribution in [2.75, 3.05) is 44.8 Å². The van der Waals surface area contributed by atoms with Crippen LogP contribution in [0.15, 0.2) is 42.9 Å². The van der Waals surface area contributed by atoms with Crippen LogP contribution in [0.5, 0.6) is 5.75 Å². The molecule has 2 aromatic rings. The third-order valence-corrected chi connectivity index (χ3v) is 3.49. The second-order valence-electron chi connectivity index (χ2n) is 5.05. The molecule has 116 valence electrons. The lowest BCUT2D eigenvalue weighted by atomic mass is 10.3. The van der Waals surface area contributed by atoms with E-state index in [4.69, 9.17) is 9.47 Å². The molecule has 1 aliphatic heterocycles. The molecule has 1 aliphatic rings. The topological polar surface area (TPSA) is 59.5 Å². The van der Waals surface area contributed by atoms with E-state index in [-0.39, 0.29) is 0 Å². The standard InChI is InChI=1S/C16H20N4O2/c1-3-15(22-12-9-20-7-10-21-11-8-20)4-2-14(1)19-16-5-6-17-13-18-16/h1-6,13H,7-12H2,(H,17,18,19). The van der Waals surface area contributed by atoms with E-state index in [2.05, 4.69) is 20.2 Å². The smallest absolute Gasteiger partial charge is 0.133 e. The highest BCUT2D eigenvalue weighted by Gasteiger charge is 2.09. The van der Waals surface area contributed by atoms with Gasteiger partial charge in [-0.05, 0) is 30.3 Å². The number of nitrogens with one attached hydrogen (secondary N) is 1. The summed E-state index contributed by atoms with van der Waals surface area (Å²) in [7, 11) is 0. The van der Waals surface area contributed by atoms with Gasteiger partial charge in [0.25, 0.3) is 0 Å². The number of morpholine rings is 1. The highest BCUT2D eigenvalue weighted by Crippen LogP contribution is 2.18. The highest BCUT2D eigenvalue weighted by molar-refractivity contribution is 5.56. The third kappa shape index (κ3) is 4.41. The Kier molecular flexibility index (Phi) is 5.18. The fraction of sp³-hybridized carbons (Fsp3) is 0.375. The van der Waals surface area contributed by atoms with E-state index in [0.29, 0.717) is 6.61 Å². The largest absolute Gasteiger partial charge is 0.492 e. The van der Waals surface area contributed by atoms with E-state index in [9.17, 15) is 0 Å². The van der Waals surface area contributed by atoms with Crippen LogP contribution >= 0.6 is 0 Å². The summed E-state index contributed by atoms with van der Waals surface area (Å²) >= 11 is 0. The molecule has 0 bridgehead atoms. The van der Waals surface area contributed by atoms with Crippen molar-refractivity contribution in [1.29, 1.82) is 0 Å². The molecule has 6 heteroatoms. The van der Waals surface area contributed by atoms with Crippen LogP contribution < -0.4 is 10.1 Å². The number of anilines is 2. The van der Waals surface area contributed by atoms with Crippen LogP contribution in [0.2, 0.25) is 0 Å². The van der Waals surface area contributed by atoms with Gasteiger partial charge in [0, 0.05) is 31.5 Å². The minimum absolute atomic E-state index is 0.693. The lowest BCUT2D eigenvalue weighted by Crippen LogP contribution is -2.38. The van der Waals surface area contributed by atoms with Gasteiger partial charge < -0.3 is 14.8 Å². The van der Waals surface area contributed by atoms with Gasteiger partial charge in [-0.3, -0.25) is 4.90 Å². The summed E-state index contributed by atoms with van der Waals surface area (Å²) in [6, 6.07) is 9.71. The van der Waals surface area contributed by atoms with Crippen molar-refractivity contribution in [3.63, 3.8) is 0 Å². The van der Waals surface area contributed by atoms with Crippen LogP contribution in [-0.2, 0) is 4.74 Å². The number of hydrogen-bond donors (Lipinski definition) is 1. The van der Waals surface area contributed by atoms with Crippen molar-refractivity contribution in [2.45, 2.75) is 0 Å². The molecule has 0 saturated carbocycles. The summed E-state index contributed by atoms with van der Waals surface area (Å²) in [6.45, 7) is 5.26. The monoisotopic (exact) mass is 300 g/mol. The molecule has 0 unspecified atom stereocenters. The second-order valence-corrected chi connectivity index (χ2v) is 5.05. The fourth-order valence-electron chi connectivity index (χ4n) is 2.26. The SMILES string of the molecule is c1cc(Nc2ccc(OCCN3CCOCC3)cc2)ncn1. The maximum absolute atomic E-state index is 5.78. The molecule has 6 nitrogen and oxygen atoms in total. The van der Waals surface area contributed by atoms with Crippen molar-refractivity contribution in [1.82, 2.24) is 14.9 Å². The van der Waals surface area contributed by atoms with Gasteiger partial charge in [0.05, 0.1) is 13.2 Å². The summed E-state index contributed by atoms with van der Waals surface area (Å²) in [5.74, 6) is 1.65. The van der Waals surface area contributed by atoms with Gasteiger partial charge in [0.15, 0.2) is 0 Å². The van der Waals surface area contributed by atoms with E-state index in [1.165, 1.54) is 6.33 Å². The lowest BCUT2D eigenvalue weighted by Gasteiger charge is -2.26.